The van der Waals surface area contributed by atoms with E-state index in [0.717, 1.165) is 11.1 Å². The first-order valence-corrected chi connectivity index (χ1v) is 8.37. The summed E-state index contributed by atoms with van der Waals surface area (Å²) in [7, 11) is 0. The van der Waals surface area contributed by atoms with E-state index < -0.39 is 12.1 Å². The molecule has 0 N–H and O–H groups in total. The summed E-state index contributed by atoms with van der Waals surface area (Å²) in [5.41, 5.74) is 3.17. The van der Waals surface area contributed by atoms with Crippen molar-refractivity contribution in [2.75, 3.05) is 13.2 Å². The number of esters is 1. The average Bonchev–Trinajstić information content (AvgIpc) is 2.67. The molecule has 0 saturated heterocycles. The van der Waals surface area contributed by atoms with Crippen LogP contribution < -0.4 is 0 Å². The second kappa shape index (κ2) is 7.87. The lowest BCUT2D eigenvalue weighted by molar-refractivity contribution is -0.148. The van der Waals surface area contributed by atoms with E-state index in [1.165, 1.54) is 6.26 Å². The molecule has 26 heavy (non-hydrogen) atoms. The van der Waals surface area contributed by atoms with Crippen LogP contribution in [-0.2, 0) is 19.0 Å². The summed E-state index contributed by atoms with van der Waals surface area (Å²) in [6.07, 6.45) is 0.159. The standard InChI is InChI=1S/C21H20O5/c1-14-3-7-16(8-4-14)19(22)20(17-9-5-15(2)6-10-17)26-21(23)18-13-24-11-12-25-18/h3-10,13,20H,11-12H2,1-2H3/t20-/m1/s1. The van der Waals surface area contributed by atoms with Crippen LogP contribution >= 0.6 is 0 Å². The van der Waals surface area contributed by atoms with Gasteiger partial charge in [0.25, 0.3) is 0 Å². The second-order valence-electron chi connectivity index (χ2n) is 6.13. The zero-order chi connectivity index (χ0) is 18.5. The molecule has 1 atom stereocenters. The predicted molar refractivity (Wildman–Crippen MR) is 95.5 cm³/mol. The summed E-state index contributed by atoms with van der Waals surface area (Å²) in [5, 5.41) is 0. The van der Waals surface area contributed by atoms with Crippen LogP contribution in [0.25, 0.3) is 0 Å². The topological polar surface area (TPSA) is 61.8 Å². The fourth-order valence-corrected chi connectivity index (χ4v) is 2.52. The van der Waals surface area contributed by atoms with Crippen LogP contribution in [0, 0.1) is 13.8 Å². The molecule has 0 spiro atoms. The number of carbonyl (C=O) groups excluding carboxylic acids is 2. The summed E-state index contributed by atoms with van der Waals surface area (Å²) in [6.45, 7) is 4.53. The molecule has 0 fully saturated rings. The first-order chi connectivity index (χ1) is 12.5. The number of benzene rings is 2. The number of carbonyl (C=O) groups is 2. The van der Waals surface area contributed by atoms with Gasteiger partial charge in [-0.25, -0.2) is 4.79 Å². The van der Waals surface area contributed by atoms with Crippen molar-refractivity contribution in [2.24, 2.45) is 0 Å². The lowest BCUT2D eigenvalue weighted by Gasteiger charge is -2.20. The summed E-state index contributed by atoms with van der Waals surface area (Å²) in [4.78, 5) is 25.4. The van der Waals surface area contributed by atoms with Crippen LogP contribution in [-0.4, -0.2) is 25.0 Å². The summed E-state index contributed by atoms with van der Waals surface area (Å²) >= 11 is 0. The first-order valence-electron chi connectivity index (χ1n) is 8.37. The fourth-order valence-electron chi connectivity index (χ4n) is 2.52. The third-order valence-corrected chi connectivity index (χ3v) is 4.03. The van der Waals surface area contributed by atoms with Crippen molar-refractivity contribution in [3.8, 4) is 0 Å². The van der Waals surface area contributed by atoms with Crippen molar-refractivity contribution in [1.82, 2.24) is 0 Å². The van der Waals surface area contributed by atoms with E-state index in [0.29, 0.717) is 17.7 Å². The Bertz CT molecular complexity index is 818. The Morgan fingerprint density at radius 1 is 0.923 bits per heavy atom. The Labute approximate surface area is 152 Å². The third kappa shape index (κ3) is 4.11. The molecule has 5 nitrogen and oxygen atoms in total. The largest absolute Gasteiger partial charge is 0.493 e. The Hall–Kier alpha value is -3.08. The molecule has 0 aliphatic carbocycles. The van der Waals surface area contributed by atoms with Crippen LogP contribution in [0.15, 0.2) is 60.6 Å². The van der Waals surface area contributed by atoms with Crippen LogP contribution in [0.2, 0.25) is 0 Å². The number of hydrogen-bond acceptors (Lipinski definition) is 5. The number of hydrogen-bond donors (Lipinski definition) is 0. The van der Waals surface area contributed by atoms with E-state index in [2.05, 4.69) is 0 Å². The number of ketones is 1. The third-order valence-electron chi connectivity index (χ3n) is 4.03. The number of rotatable bonds is 5. The van der Waals surface area contributed by atoms with Crippen molar-refractivity contribution in [3.63, 3.8) is 0 Å². The molecule has 2 aromatic carbocycles. The molecule has 0 aromatic heterocycles. The van der Waals surface area contributed by atoms with Crippen molar-refractivity contribution in [1.29, 1.82) is 0 Å². The van der Waals surface area contributed by atoms with E-state index in [1.807, 2.05) is 38.1 Å². The monoisotopic (exact) mass is 352 g/mol. The molecule has 0 unspecified atom stereocenters. The average molecular weight is 352 g/mol. The van der Waals surface area contributed by atoms with Crippen LogP contribution in [0.3, 0.4) is 0 Å². The smallest absolute Gasteiger partial charge is 0.377 e. The SMILES string of the molecule is Cc1ccc(C(=O)[C@H](OC(=O)C2=COCCO2)c2ccc(C)cc2)cc1. The van der Waals surface area contributed by atoms with Gasteiger partial charge < -0.3 is 14.2 Å². The molecule has 0 saturated carbocycles. The van der Waals surface area contributed by atoms with Crippen LogP contribution in [0.1, 0.15) is 33.2 Å². The first kappa shape index (κ1) is 17.7. The highest BCUT2D eigenvalue weighted by atomic mass is 16.6. The maximum absolute atomic E-state index is 13.0. The molecule has 0 bridgehead atoms. The molecule has 1 aliphatic heterocycles. The van der Waals surface area contributed by atoms with E-state index in [1.54, 1.807) is 24.3 Å². The summed E-state index contributed by atoms with van der Waals surface area (Å²) < 4.78 is 15.8. The Morgan fingerprint density at radius 3 is 2.12 bits per heavy atom. The van der Waals surface area contributed by atoms with Gasteiger partial charge in [0.15, 0.2) is 6.10 Å². The molecule has 5 heteroatoms. The van der Waals surface area contributed by atoms with Gasteiger partial charge in [0, 0.05) is 11.1 Å². The molecule has 0 radical (unpaired) electrons. The number of ether oxygens (including phenoxy) is 3. The summed E-state index contributed by atoms with van der Waals surface area (Å²) in [5.74, 6) is -1.06. The minimum atomic E-state index is -1.06. The van der Waals surface area contributed by atoms with Gasteiger partial charge >= 0.3 is 5.97 Å². The van der Waals surface area contributed by atoms with E-state index >= 15 is 0 Å². The van der Waals surface area contributed by atoms with Gasteiger partial charge in [0.1, 0.15) is 19.5 Å². The highest BCUT2D eigenvalue weighted by Crippen LogP contribution is 2.25. The molecule has 0 amide bonds. The fraction of sp³-hybridized carbons (Fsp3) is 0.238. The zero-order valence-corrected chi connectivity index (χ0v) is 14.7. The summed E-state index contributed by atoms with van der Waals surface area (Å²) in [6, 6.07) is 14.5. The van der Waals surface area contributed by atoms with Gasteiger partial charge in [-0.1, -0.05) is 59.7 Å². The maximum Gasteiger partial charge on any atom is 0.377 e. The number of aryl methyl sites for hydroxylation is 2. The maximum atomic E-state index is 13.0. The second-order valence-corrected chi connectivity index (χ2v) is 6.13. The molecular formula is C21H20O5. The molecular weight excluding hydrogens is 332 g/mol. The lowest BCUT2D eigenvalue weighted by Crippen LogP contribution is -2.24. The molecule has 2 aromatic rings. The number of Topliss-reactive ketones (excluding diaryl/α,β-unsaturated/α-hetero) is 1. The van der Waals surface area contributed by atoms with E-state index in [9.17, 15) is 9.59 Å². The zero-order valence-electron chi connectivity index (χ0n) is 14.7. The van der Waals surface area contributed by atoms with Gasteiger partial charge in [0.05, 0.1) is 0 Å². The van der Waals surface area contributed by atoms with Gasteiger partial charge in [-0.05, 0) is 13.8 Å². The highest BCUT2D eigenvalue weighted by molar-refractivity contribution is 6.01. The van der Waals surface area contributed by atoms with Crippen LogP contribution in [0.5, 0.6) is 0 Å². The van der Waals surface area contributed by atoms with E-state index in [-0.39, 0.29) is 18.1 Å². The van der Waals surface area contributed by atoms with Crippen molar-refractivity contribution < 1.29 is 23.8 Å². The lowest BCUT2D eigenvalue weighted by atomic mass is 9.98. The normalized spacial score (nSPS) is 14.5. The van der Waals surface area contributed by atoms with Gasteiger partial charge in [0.2, 0.25) is 11.5 Å². The Kier molecular flexibility index (Phi) is 5.37. The molecule has 1 heterocycles. The van der Waals surface area contributed by atoms with Crippen molar-refractivity contribution in [2.45, 2.75) is 20.0 Å². The van der Waals surface area contributed by atoms with Crippen molar-refractivity contribution in [3.05, 3.63) is 82.8 Å². The molecule has 134 valence electrons. The Morgan fingerprint density at radius 2 is 1.54 bits per heavy atom. The van der Waals surface area contributed by atoms with Crippen LogP contribution in [0.4, 0.5) is 0 Å². The van der Waals surface area contributed by atoms with Gasteiger partial charge in [-0.15, -0.1) is 0 Å². The minimum Gasteiger partial charge on any atom is -0.493 e. The van der Waals surface area contributed by atoms with Crippen molar-refractivity contribution >= 4 is 11.8 Å². The minimum absolute atomic E-state index is 0.0370. The Balaban J connectivity index is 1.89. The molecule has 1 aliphatic rings. The molecule has 3 rings (SSSR count). The highest BCUT2D eigenvalue weighted by Gasteiger charge is 2.29. The van der Waals surface area contributed by atoms with Gasteiger partial charge in [-0.3, -0.25) is 4.79 Å². The van der Waals surface area contributed by atoms with Gasteiger partial charge in [-0.2, -0.15) is 0 Å². The quantitative estimate of drug-likeness (QED) is 0.607. The van der Waals surface area contributed by atoms with E-state index in [4.69, 9.17) is 14.2 Å². The predicted octanol–water partition coefficient (Wildman–Crippen LogP) is 3.66.